The summed E-state index contributed by atoms with van der Waals surface area (Å²) in [5.41, 5.74) is 3.12. The van der Waals surface area contributed by atoms with Crippen LogP contribution in [0.1, 0.15) is 36.0 Å². The van der Waals surface area contributed by atoms with Crippen LogP contribution in [0.25, 0.3) is 0 Å². The number of hydrogen-bond acceptors (Lipinski definition) is 3. The van der Waals surface area contributed by atoms with Gasteiger partial charge in [0.25, 0.3) is 0 Å². The molecule has 0 spiro atoms. The average Bonchev–Trinajstić information content (AvgIpc) is 3.25. The Labute approximate surface area is 178 Å². The summed E-state index contributed by atoms with van der Waals surface area (Å²) in [5.74, 6) is 0. The third-order valence-corrected chi connectivity index (χ3v) is 5.98. The van der Waals surface area contributed by atoms with Crippen LogP contribution in [-0.4, -0.2) is 25.3 Å². The van der Waals surface area contributed by atoms with Crippen LogP contribution >= 0.6 is 0 Å². The monoisotopic (exact) mass is 400 g/mol. The quantitative estimate of drug-likeness (QED) is 0.582. The molecule has 0 radical (unpaired) electrons. The number of amides is 1. The lowest BCUT2D eigenvalue weighted by Crippen LogP contribution is -2.49. The van der Waals surface area contributed by atoms with Crippen molar-refractivity contribution < 1.29 is 9.53 Å². The molecule has 3 aromatic carbocycles. The number of benzene rings is 3. The average molecular weight is 401 g/mol. The van der Waals surface area contributed by atoms with E-state index in [1.165, 1.54) is 23.8 Å². The molecular formula is C26H28N2O2. The molecule has 0 aliphatic heterocycles. The molecule has 1 fully saturated rings. The first-order valence-electron chi connectivity index (χ1n) is 10.5. The topological polar surface area (TPSA) is 50.4 Å². The molecule has 0 bridgehead atoms. The van der Waals surface area contributed by atoms with Crippen molar-refractivity contribution in [1.29, 1.82) is 0 Å². The first-order chi connectivity index (χ1) is 14.7. The molecule has 1 amide bonds. The molecule has 0 saturated heterocycles. The van der Waals surface area contributed by atoms with E-state index in [2.05, 4.69) is 102 Å². The Morgan fingerprint density at radius 2 is 1.20 bits per heavy atom. The van der Waals surface area contributed by atoms with Crippen LogP contribution in [0.15, 0.2) is 91.0 Å². The van der Waals surface area contributed by atoms with Crippen molar-refractivity contribution in [3.8, 4) is 0 Å². The molecule has 154 valence electrons. The second kappa shape index (κ2) is 9.14. The zero-order valence-electron chi connectivity index (χ0n) is 17.3. The molecule has 1 aliphatic carbocycles. The number of methoxy groups -OCH3 is 1. The number of hydrogen-bond donors (Lipinski definition) is 2. The highest BCUT2D eigenvalue weighted by Gasteiger charge is 2.40. The van der Waals surface area contributed by atoms with Gasteiger partial charge in [-0.05, 0) is 36.0 Å². The summed E-state index contributed by atoms with van der Waals surface area (Å²) in [6, 6.07) is 32.2. The van der Waals surface area contributed by atoms with Crippen LogP contribution in [0.4, 0.5) is 4.79 Å². The third-order valence-electron chi connectivity index (χ3n) is 5.98. The number of carbonyl (C=O) groups excluding carboxylic acids is 1. The summed E-state index contributed by atoms with van der Waals surface area (Å²) in [5, 5.41) is 6.97. The Hall–Kier alpha value is -3.11. The number of carbonyl (C=O) groups is 1. The summed E-state index contributed by atoms with van der Waals surface area (Å²) in [4.78, 5) is 11.7. The van der Waals surface area contributed by atoms with Gasteiger partial charge in [-0.3, -0.25) is 5.32 Å². The maximum absolute atomic E-state index is 11.7. The summed E-state index contributed by atoms with van der Waals surface area (Å²) < 4.78 is 4.79. The van der Waals surface area contributed by atoms with Crippen molar-refractivity contribution in [3.63, 3.8) is 0 Å². The van der Waals surface area contributed by atoms with Crippen LogP contribution in [-0.2, 0) is 10.3 Å². The van der Waals surface area contributed by atoms with Crippen molar-refractivity contribution in [2.45, 2.75) is 36.9 Å². The fourth-order valence-corrected chi connectivity index (χ4v) is 4.59. The molecule has 0 aromatic heterocycles. The lowest BCUT2D eigenvalue weighted by molar-refractivity contribution is 0.166. The molecule has 30 heavy (non-hydrogen) atoms. The zero-order chi connectivity index (χ0) is 20.8. The molecule has 3 aromatic rings. The van der Waals surface area contributed by atoms with Gasteiger partial charge in [0.2, 0.25) is 0 Å². The van der Waals surface area contributed by atoms with E-state index in [1.54, 1.807) is 0 Å². The molecule has 2 atom stereocenters. The van der Waals surface area contributed by atoms with Gasteiger partial charge < -0.3 is 10.1 Å². The molecule has 4 heteroatoms. The van der Waals surface area contributed by atoms with E-state index in [-0.39, 0.29) is 18.2 Å². The van der Waals surface area contributed by atoms with Gasteiger partial charge in [0.1, 0.15) is 0 Å². The minimum Gasteiger partial charge on any atom is -0.453 e. The highest BCUT2D eigenvalue weighted by Crippen LogP contribution is 2.38. The fraction of sp³-hybridized carbons (Fsp3) is 0.269. The van der Waals surface area contributed by atoms with Gasteiger partial charge in [0.15, 0.2) is 0 Å². The molecule has 0 unspecified atom stereocenters. The molecule has 1 aliphatic rings. The SMILES string of the molecule is COC(=O)N[C@@H]1CC[C@H](NC(c2ccccc2)(c2ccccc2)c2ccccc2)C1. The Balaban J connectivity index is 1.75. The second-order valence-electron chi connectivity index (χ2n) is 7.84. The normalized spacial score (nSPS) is 18.7. The van der Waals surface area contributed by atoms with Gasteiger partial charge in [-0.1, -0.05) is 91.0 Å². The molecule has 1 saturated carbocycles. The number of ether oxygens (including phenoxy) is 1. The highest BCUT2D eigenvalue weighted by molar-refractivity contribution is 5.67. The Bertz CT molecular complexity index is 848. The zero-order valence-corrected chi connectivity index (χ0v) is 17.3. The number of rotatable bonds is 6. The van der Waals surface area contributed by atoms with E-state index in [4.69, 9.17) is 4.74 Å². The van der Waals surface area contributed by atoms with Gasteiger partial charge >= 0.3 is 6.09 Å². The lowest BCUT2D eigenvalue weighted by atomic mass is 9.76. The van der Waals surface area contributed by atoms with Crippen LogP contribution in [0.2, 0.25) is 0 Å². The summed E-state index contributed by atoms with van der Waals surface area (Å²) in [6.07, 6.45) is 2.43. The van der Waals surface area contributed by atoms with Crippen molar-refractivity contribution in [1.82, 2.24) is 10.6 Å². The maximum atomic E-state index is 11.7. The molecular weight excluding hydrogens is 372 g/mol. The van der Waals surface area contributed by atoms with Crippen molar-refractivity contribution in [2.24, 2.45) is 0 Å². The smallest absolute Gasteiger partial charge is 0.407 e. The maximum Gasteiger partial charge on any atom is 0.407 e. The number of nitrogens with one attached hydrogen (secondary N) is 2. The Morgan fingerprint density at radius 1 is 0.767 bits per heavy atom. The van der Waals surface area contributed by atoms with Crippen LogP contribution in [0.3, 0.4) is 0 Å². The van der Waals surface area contributed by atoms with E-state index in [0.717, 1.165) is 19.3 Å². The van der Waals surface area contributed by atoms with Gasteiger partial charge in [-0.2, -0.15) is 0 Å². The second-order valence-corrected chi connectivity index (χ2v) is 7.84. The van der Waals surface area contributed by atoms with Crippen molar-refractivity contribution in [2.75, 3.05) is 7.11 Å². The van der Waals surface area contributed by atoms with E-state index in [1.807, 2.05) is 0 Å². The predicted octanol–water partition coefficient (Wildman–Crippen LogP) is 4.85. The first-order valence-corrected chi connectivity index (χ1v) is 10.5. The third kappa shape index (κ3) is 4.10. The molecule has 0 heterocycles. The Kier molecular flexibility index (Phi) is 6.15. The fourth-order valence-electron chi connectivity index (χ4n) is 4.59. The van der Waals surface area contributed by atoms with E-state index < -0.39 is 5.54 Å². The number of alkyl carbamates (subject to hydrolysis) is 1. The van der Waals surface area contributed by atoms with E-state index in [9.17, 15) is 4.79 Å². The predicted molar refractivity (Wildman–Crippen MR) is 119 cm³/mol. The van der Waals surface area contributed by atoms with Crippen LogP contribution < -0.4 is 10.6 Å². The summed E-state index contributed by atoms with van der Waals surface area (Å²) in [6.45, 7) is 0. The van der Waals surface area contributed by atoms with Gasteiger partial charge in [0.05, 0.1) is 12.6 Å². The van der Waals surface area contributed by atoms with E-state index in [0.29, 0.717) is 0 Å². The first kappa shape index (κ1) is 20.2. The van der Waals surface area contributed by atoms with Crippen LogP contribution in [0, 0.1) is 0 Å². The minimum atomic E-state index is -0.478. The minimum absolute atomic E-state index is 0.120. The lowest BCUT2D eigenvalue weighted by Gasteiger charge is -2.39. The van der Waals surface area contributed by atoms with E-state index >= 15 is 0 Å². The largest absolute Gasteiger partial charge is 0.453 e. The summed E-state index contributed by atoms with van der Waals surface area (Å²) in [7, 11) is 1.41. The van der Waals surface area contributed by atoms with Gasteiger partial charge in [-0.15, -0.1) is 0 Å². The Morgan fingerprint density at radius 3 is 1.63 bits per heavy atom. The standard InChI is InChI=1S/C26H28N2O2/c1-30-25(29)27-23-17-18-24(19-23)28-26(20-11-5-2-6-12-20,21-13-7-3-8-14-21)22-15-9-4-10-16-22/h2-16,23-24,28H,17-19H2,1H3,(H,27,29)/t23-,24+/m1/s1. The van der Waals surface area contributed by atoms with Crippen molar-refractivity contribution in [3.05, 3.63) is 108 Å². The molecule has 4 nitrogen and oxygen atoms in total. The van der Waals surface area contributed by atoms with Gasteiger partial charge in [0, 0.05) is 12.1 Å². The molecule has 4 rings (SSSR count). The van der Waals surface area contributed by atoms with Crippen molar-refractivity contribution >= 4 is 6.09 Å². The highest BCUT2D eigenvalue weighted by atomic mass is 16.5. The van der Waals surface area contributed by atoms with Gasteiger partial charge in [-0.25, -0.2) is 4.79 Å². The molecule has 2 N–H and O–H groups in total. The van der Waals surface area contributed by atoms with Crippen LogP contribution in [0.5, 0.6) is 0 Å². The summed E-state index contributed by atoms with van der Waals surface area (Å²) >= 11 is 0.